The summed E-state index contributed by atoms with van der Waals surface area (Å²) in [4.78, 5) is 16.0. The maximum atomic E-state index is 14.4. The van der Waals surface area contributed by atoms with Crippen molar-refractivity contribution in [1.29, 1.82) is 0 Å². The molecule has 270 valence electrons. The van der Waals surface area contributed by atoms with Crippen LogP contribution in [0.2, 0.25) is 0 Å². The molecule has 2 heterocycles. The first kappa shape index (κ1) is 38.3. The van der Waals surface area contributed by atoms with Gasteiger partial charge in [-0.25, -0.2) is 16.8 Å². The Balaban J connectivity index is 1.69. The predicted molar refractivity (Wildman–Crippen MR) is 185 cm³/mol. The zero-order valence-electron chi connectivity index (χ0n) is 29.2. The summed E-state index contributed by atoms with van der Waals surface area (Å²) in [7, 11) is -6.43. The number of aryl methyl sites for hydroxylation is 3. The average Bonchev–Trinajstić information content (AvgIpc) is 3.40. The third-order valence-corrected chi connectivity index (χ3v) is 12.2. The highest BCUT2D eigenvalue weighted by molar-refractivity contribution is 7.92. The van der Waals surface area contributed by atoms with Gasteiger partial charge in [0, 0.05) is 38.3 Å². The molecule has 1 amide bonds. The van der Waals surface area contributed by atoms with Crippen LogP contribution >= 0.6 is 0 Å². The zero-order chi connectivity index (χ0) is 36.1. The van der Waals surface area contributed by atoms with Crippen molar-refractivity contribution < 1.29 is 40.7 Å². The van der Waals surface area contributed by atoms with Crippen LogP contribution in [0.5, 0.6) is 5.75 Å². The van der Waals surface area contributed by atoms with E-state index in [-0.39, 0.29) is 70.0 Å². The van der Waals surface area contributed by atoms with E-state index in [0.29, 0.717) is 19.4 Å². The number of hydrogen-bond acceptors (Lipinski definition) is 10. The topological polar surface area (TPSA) is 169 Å². The third kappa shape index (κ3) is 9.19. The minimum absolute atomic E-state index is 0.0383. The van der Waals surface area contributed by atoms with Gasteiger partial charge in [0.2, 0.25) is 10.0 Å². The molecule has 2 aromatic carbocycles. The van der Waals surface area contributed by atoms with Crippen molar-refractivity contribution in [2.45, 2.75) is 88.8 Å². The van der Waals surface area contributed by atoms with E-state index in [0.717, 1.165) is 12.0 Å². The van der Waals surface area contributed by atoms with E-state index in [9.17, 15) is 26.7 Å². The number of nitrogens with zero attached hydrogens (tertiary/aromatic N) is 3. The molecule has 4 atom stereocenters. The van der Waals surface area contributed by atoms with E-state index in [1.54, 1.807) is 37.3 Å². The normalized spacial score (nSPS) is 20.7. The van der Waals surface area contributed by atoms with Gasteiger partial charge < -0.3 is 24.0 Å². The lowest BCUT2D eigenvalue weighted by Gasteiger charge is -2.35. The first-order chi connectivity index (χ1) is 23.0. The van der Waals surface area contributed by atoms with Crippen molar-refractivity contribution >= 4 is 31.6 Å². The van der Waals surface area contributed by atoms with Crippen molar-refractivity contribution in [3.05, 3.63) is 65.0 Å². The van der Waals surface area contributed by atoms with Gasteiger partial charge in [0.25, 0.3) is 15.9 Å². The number of aliphatic hydroxyl groups excluding tert-OH is 1. The van der Waals surface area contributed by atoms with Crippen molar-refractivity contribution in [1.82, 2.24) is 14.4 Å². The third-order valence-electron chi connectivity index (χ3n) is 8.71. The fourth-order valence-electron chi connectivity index (χ4n) is 5.75. The molecule has 0 radical (unpaired) electrons. The number of sulfonamides is 2. The second kappa shape index (κ2) is 16.0. The zero-order valence-corrected chi connectivity index (χ0v) is 30.8. The number of carbonyl (C=O) groups excluding carboxylic acids is 1. The molecule has 1 aliphatic heterocycles. The summed E-state index contributed by atoms with van der Waals surface area (Å²) in [6.07, 6.45) is 1.23. The summed E-state index contributed by atoms with van der Waals surface area (Å²) < 4.78 is 75.0. The van der Waals surface area contributed by atoms with Gasteiger partial charge in [-0.1, -0.05) is 29.8 Å². The molecule has 0 bridgehead atoms. The van der Waals surface area contributed by atoms with E-state index in [2.05, 4.69) is 9.88 Å². The number of likely N-dealkylation sites (N-methyl/N-ethyl adjacent to an activating group) is 1. The summed E-state index contributed by atoms with van der Waals surface area (Å²) in [6.45, 7) is 10.5. The smallest absolute Gasteiger partial charge is 0.267 e. The number of anilines is 1. The molecule has 4 rings (SSSR count). The Morgan fingerprint density at radius 1 is 1.06 bits per heavy atom. The predicted octanol–water partition coefficient (Wildman–Crippen LogP) is 4.52. The molecule has 0 spiro atoms. The van der Waals surface area contributed by atoms with Gasteiger partial charge in [-0.2, -0.15) is 4.31 Å². The highest BCUT2D eigenvalue weighted by atomic mass is 32.2. The Morgan fingerprint density at radius 2 is 1.76 bits per heavy atom. The van der Waals surface area contributed by atoms with Gasteiger partial charge in [-0.05, 0) is 84.2 Å². The van der Waals surface area contributed by atoms with Crippen molar-refractivity contribution in [2.75, 3.05) is 38.1 Å². The number of hydrogen-bond donors (Lipinski definition) is 2. The Labute approximate surface area is 289 Å². The molecule has 2 N–H and O–H groups in total. The molecule has 0 fully saturated rings. The van der Waals surface area contributed by atoms with E-state index in [1.165, 1.54) is 42.2 Å². The van der Waals surface area contributed by atoms with E-state index in [4.69, 9.17) is 14.0 Å². The monoisotopic (exact) mass is 720 g/mol. The van der Waals surface area contributed by atoms with Gasteiger partial charge in [0.1, 0.15) is 11.4 Å². The van der Waals surface area contributed by atoms with Crippen LogP contribution in [0.3, 0.4) is 0 Å². The Hall–Kier alpha value is -3.50. The van der Waals surface area contributed by atoms with Crippen LogP contribution < -0.4 is 9.46 Å². The molecule has 0 unspecified atom stereocenters. The molecule has 15 heteroatoms. The standard InChI is InChI=1S/C34H48N4O9S2/c1-22-11-14-29(15-12-22)49(43,44)37(7)20-32-23(2)19-38(24(3)21-39)34(40)30-18-28(36-48(41,42)33-26(5)35-47-27(33)6)13-16-31(30)46-25(4)10-8-9-17-45-32/h11-16,18,23-25,32,36,39H,8-10,17,19-21H2,1-7H3/t23-,24-,25+,32+/m0/s1. The van der Waals surface area contributed by atoms with Gasteiger partial charge in [0.15, 0.2) is 10.7 Å². The van der Waals surface area contributed by atoms with Crippen LogP contribution in [-0.4, -0.2) is 93.8 Å². The Bertz CT molecular complexity index is 1790. The molecule has 0 saturated heterocycles. The van der Waals surface area contributed by atoms with Crippen molar-refractivity contribution in [2.24, 2.45) is 5.92 Å². The first-order valence-electron chi connectivity index (χ1n) is 16.4. The minimum Gasteiger partial charge on any atom is -0.490 e. The summed E-state index contributed by atoms with van der Waals surface area (Å²) in [5.74, 6) is -0.469. The maximum Gasteiger partial charge on any atom is 0.267 e. The number of ether oxygens (including phenoxy) is 2. The number of aromatic nitrogens is 1. The number of amides is 1. The molecule has 3 aromatic rings. The van der Waals surface area contributed by atoms with Crippen LogP contribution in [0, 0.1) is 26.7 Å². The minimum atomic E-state index is -4.11. The quantitative estimate of drug-likeness (QED) is 0.321. The lowest BCUT2D eigenvalue weighted by atomic mass is 10.0. The fraction of sp³-hybridized carbons (Fsp3) is 0.529. The average molecular weight is 721 g/mol. The van der Waals surface area contributed by atoms with Crippen LogP contribution in [0.4, 0.5) is 5.69 Å². The number of rotatable bonds is 9. The van der Waals surface area contributed by atoms with Crippen molar-refractivity contribution in [3.63, 3.8) is 0 Å². The largest absolute Gasteiger partial charge is 0.490 e. The van der Waals surface area contributed by atoms with Gasteiger partial charge in [-0.15, -0.1) is 0 Å². The van der Waals surface area contributed by atoms with Crippen LogP contribution in [0.15, 0.2) is 56.8 Å². The fourth-order valence-corrected chi connectivity index (χ4v) is 8.32. The second-order valence-electron chi connectivity index (χ2n) is 12.9. The number of aliphatic hydroxyl groups is 1. The molecule has 13 nitrogen and oxygen atoms in total. The molecular formula is C34H48N4O9S2. The Morgan fingerprint density at radius 3 is 2.39 bits per heavy atom. The number of nitrogens with one attached hydrogen (secondary N) is 1. The summed E-state index contributed by atoms with van der Waals surface area (Å²) in [5.41, 5.74) is 1.37. The van der Waals surface area contributed by atoms with Gasteiger partial charge >= 0.3 is 0 Å². The molecule has 1 aliphatic rings. The molecule has 1 aromatic heterocycles. The van der Waals surface area contributed by atoms with Crippen LogP contribution in [0.25, 0.3) is 0 Å². The first-order valence-corrected chi connectivity index (χ1v) is 19.3. The number of benzene rings is 2. The second-order valence-corrected chi connectivity index (χ2v) is 16.5. The molecule has 0 aliphatic carbocycles. The Kier molecular flexibility index (Phi) is 12.5. The summed E-state index contributed by atoms with van der Waals surface area (Å²) in [6, 6.07) is 10.5. The number of fused-ring (bicyclic) bond motifs is 1. The SMILES string of the molecule is Cc1ccc(S(=O)(=O)N(C)C[C@H]2OCCCC[C@@H](C)Oc3ccc(NS(=O)(=O)c4c(C)noc4C)cc3C(=O)N([C@@H](C)CO)C[C@@H]2C)cc1. The van der Waals surface area contributed by atoms with E-state index >= 15 is 0 Å². The summed E-state index contributed by atoms with van der Waals surface area (Å²) in [5, 5.41) is 14.0. The van der Waals surface area contributed by atoms with E-state index in [1.807, 2.05) is 20.8 Å². The van der Waals surface area contributed by atoms with Crippen LogP contribution in [-0.2, 0) is 24.8 Å². The number of carbonyl (C=O) groups is 1. The lowest BCUT2D eigenvalue weighted by Crippen LogP contribution is -2.48. The summed E-state index contributed by atoms with van der Waals surface area (Å²) >= 11 is 0. The molecular weight excluding hydrogens is 673 g/mol. The van der Waals surface area contributed by atoms with Gasteiger partial charge in [-0.3, -0.25) is 9.52 Å². The van der Waals surface area contributed by atoms with Gasteiger partial charge in [0.05, 0.1) is 35.3 Å². The van der Waals surface area contributed by atoms with Crippen molar-refractivity contribution in [3.8, 4) is 5.75 Å². The highest BCUT2D eigenvalue weighted by Crippen LogP contribution is 2.30. The highest BCUT2D eigenvalue weighted by Gasteiger charge is 2.33. The molecule has 0 saturated carbocycles. The lowest BCUT2D eigenvalue weighted by molar-refractivity contribution is -0.00833. The maximum absolute atomic E-state index is 14.4. The van der Waals surface area contributed by atoms with E-state index < -0.39 is 38.1 Å². The molecule has 49 heavy (non-hydrogen) atoms. The van der Waals surface area contributed by atoms with Crippen LogP contribution in [0.1, 0.15) is 67.4 Å².